The van der Waals surface area contributed by atoms with Crippen LogP contribution in [0.2, 0.25) is 0 Å². The molecular formula is C16H26N2. The van der Waals surface area contributed by atoms with E-state index in [9.17, 15) is 0 Å². The van der Waals surface area contributed by atoms with Gasteiger partial charge in [0.15, 0.2) is 0 Å². The Hall–Kier alpha value is -0.860. The van der Waals surface area contributed by atoms with Crippen LogP contribution in [0, 0.1) is 6.92 Å². The standard InChI is InChI=1S/C16H26N2/c1-15-8-3-4-9-16(15)14-17-10-7-13-18-11-5-2-6-12-18/h3-4,8-9,17H,2,5-7,10-14H2,1H3. The van der Waals surface area contributed by atoms with Crippen molar-refractivity contribution in [1.29, 1.82) is 0 Å². The van der Waals surface area contributed by atoms with Gasteiger partial charge in [-0.25, -0.2) is 0 Å². The summed E-state index contributed by atoms with van der Waals surface area (Å²) >= 11 is 0. The summed E-state index contributed by atoms with van der Waals surface area (Å²) in [6, 6.07) is 8.63. The predicted molar refractivity (Wildman–Crippen MR) is 77.8 cm³/mol. The second-order valence-electron chi connectivity index (χ2n) is 5.36. The lowest BCUT2D eigenvalue weighted by molar-refractivity contribution is 0.225. The van der Waals surface area contributed by atoms with Crippen LogP contribution in [0.5, 0.6) is 0 Å². The second-order valence-corrected chi connectivity index (χ2v) is 5.36. The fraction of sp³-hybridized carbons (Fsp3) is 0.625. The molecule has 2 heteroatoms. The largest absolute Gasteiger partial charge is 0.313 e. The van der Waals surface area contributed by atoms with E-state index in [2.05, 4.69) is 41.4 Å². The number of piperidine rings is 1. The predicted octanol–water partition coefficient (Wildman–Crippen LogP) is 2.96. The first kappa shape index (κ1) is 13.6. The summed E-state index contributed by atoms with van der Waals surface area (Å²) in [4.78, 5) is 2.61. The minimum Gasteiger partial charge on any atom is -0.313 e. The molecule has 1 heterocycles. The topological polar surface area (TPSA) is 15.3 Å². The third kappa shape index (κ3) is 4.43. The zero-order valence-electron chi connectivity index (χ0n) is 11.6. The number of benzene rings is 1. The minimum atomic E-state index is 1.01. The fourth-order valence-electron chi connectivity index (χ4n) is 2.64. The molecule has 2 nitrogen and oxygen atoms in total. The van der Waals surface area contributed by atoms with Gasteiger partial charge >= 0.3 is 0 Å². The first-order valence-electron chi connectivity index (χ1n) is 7.34. The van der Waals surface area contributed by atoms with Crippen molar-refractivity contribution in [3.63, 3.8) is 0 Å². The molecule has 0 amide bonds. The molecule has 1 saturated heterocycles. The van der Waals surface area contributed by atoms with Gasteiger partial charge in [-0.15, -0.1) is 0 Å². The number of nitrogens with one attached hydrogen (secondary N) is 1. The Morgan fingerprint density at radius 3 is 2.67 bits per heavy atom. The van der Waals surface area contributed by atoms with Crippen LogP contribution in [0.4, 0.5) is 0 Å². The van der Waals surface area contributed by atoms with E-state index in [0.29, 0.717) is 0 Å². The van der Waals surface area contributed by atoms with Crippen LogP contribution in [-0.2, 0) is 6.54 Å². The number of rotatable bonds is 6. The van der Waals surface area contributed by atoms with Gasteiger partial charge in [-0.1, -0.05) is 30.7 Å². The highest BCUT2D eigenvalue weighted by Gasteiger charge is 2.08. The fourth-order valence-corrected chi connectivity index (χ4v) is 2.64. The monoisotopic (exact) mass is 246 g/mol. The summed E-state index contributed by atoms with van der Waals surface area (Å²) in [5, 5.41) is 3.56. The maximum atomic E-state index is 3.56. The summed E-state index contributed by atoms with van der Waals surface area (Å²) in [7, 11) is 0. The molecule has 1 aliphatic rings. The van der Waals surface area contributed by atoms with Crippen molar-refractivity contribution in [2.24, 2.45) is 0 Å². The van der Waals surface area contributed by atoms with Crippen LogP contribution >= 0.6 is 0 Å². The molecule has 1 aromatic rings. The average Bonchev–Trinajstić information content (AvgIpc) is 2.42. The minimum absolute atomic E-state index is 1.01. The SMILES string of the molecule is Cc1ccccc1CNCCCN1CCCCC1. The number of likely N-dealkylation sites (tertiary alicyclic amines) is 1. The molecule has 1 N–H and O–H groups in total. The molecule has 0 unspecified atom stereocenters. The molecule has 2 rings (SSSR count). The number of hydrogen-bond acceptors (Lipinski definition) is 2. The van der Waals surface area contributed by atoms with E-state index >= 15 is 0 Å². The molecule has 0 bridgehead atoms. The summed E-state index contributed by atoms with van der Waals surface area (Å²) in [5.41, 5.74) is 2.82. The Labute approximate surface area is 111 Å². The van der Waals surface area contributed by atoms with Crippen molar-refractivity contribution in [1.82, 2.24) is 10.2 Å². The van der Waals surface area contributed by atoms with Gasteiger partial charge < -0.3 is 10.2 Å². The van der Waals surface area contributed by atoms with Crippen LogP contribution in [0.15, 0.2) is 24.3 Å². The number of aryl methyl sites for hydroxylation is 1. The second kappa shape index (κ2) is 7.55. The Kier molecular flexibility index (Phi) is 5.69. The van der Waals surface area contributed by atoms with Crippen molar-refractivity contribution in [3.8, 4) is 0 Å². The molecule has 1 fully saturated rings. The summed E-state index contributed by atoms with van der Waals surface area (Å²) in [6.45, 7) is 8.22. The van der Waals surface area contributed by atoms with E-state index in [1.54, 1.807) is 0 Å². The van der Waals surface area contributed by atoms with Gasteiger partial charge in [-0.2, -0.15) is 0 Å². The lowest BCUT2D eigenvalue weighted by Crippen LogP contribution is -2.32. The van der Waals surface area contributed by atoms with E-state index in [0.717, 1.165) is 13.1 Å². The van der Waals surface area contributed by atoms with Crippen LogP contribution in [0.1, 0.15) is 36.8 Å². The Balaban J connectivity index is 1.57. The zero-order valence-corrected chi connectivity index (χ0v) is 11.6. The molecule has 1 aliphatic heterocycles. The summed E-state index contributed by atoms with van der Waals surface area (Å²) < 4.78 is 0. The lowest BCUT2D eigenvalue weighted by atomic mass is 10.1. The van der Waals surface area contributed by atoms with Gasteiger partial charge in [0.05, 0.1) is 0 Å². The van der Waals surface area contributed by atoms with Crippen LogP contribution in [0.3, 0.4) is 0 Å². The first-order chi connectivity index (χ1) is 8.86. The molecule has 1 aromatic carbocycles. The molecule has 100 valence electrons. The molecule has 0 aromatic heterocycles. The van der Waals surface area contributed by atoms with Gasteiger partial charge in [-0.3, -0.25) is 0 Å². The van der Waals surface area contributed by atoms with Crippen LogP contribution < -0.4 is 5.32 Å². The lowest BCUT2D eigenvalue weighted by Gasteiger charge is -2.26. The Morgan fingerprint density at radius 1 is 1.11 bits per heavy atom. The van der Waals surface area contributed by atoms with Crippen molar-refractivity contribution >= 4 is 0 Å². The van der Waals surface area contributed by atoms with Gasteiger partial charge in [0.1, 0.15) is 0 Å². The molecule has 0 saturated carbocycles. The number of hydrogen-bond donors (Lipinski definition) is 1. The molecule has 0 atom stereocenters. The van der Waals surface area contributed by atoms with Gasteiger partial charge in [-0.05, 0) is 63.5 Å². The number of nitrogens with zero attached hydrogens (tertiary/aromatic N) is 1. The highest BCUT2D eigenvalue weighted by Crippen LogP contribution is 2.09. The molecular weight excluding hydrogens is 220 g/mol. The molecule has 0 aliphatic carbocycles. The molecule has 0 radical (unpaired) electrons. The van der Waals surface area contributed by atoms with E-state index < -0.39 is 0 Å². The quantitative estimate of drug-likeness (QED) is 0.776. The van der Waals surface area contributed by atoms with E-state index in [4.69, 9.17) is 0 Å². The molecule has 18 heavy (non-hydrogen) atoms. The van der Waals surface area contributed by atoms with Crippen molar-refractivity contribution < 1.29 is 0 Å². The van der Waals surface area contributed by atoms with Crippen LogP contribution in [0.25, 0.3) is 0 Å². The average molecular weight is 246 g/mol. The van der Waals surface area contributed by atoms with Gasteiger partial charge in [0, 0.05) is 6.54 Å². The third-order valence-corrected chi connectivity index (χ3v) is 3.85. The van der Waals surface area contributed by atoms with E-state index in [1.807, 2.05) is 0 Å². The highest BCUT2D eigenvalue weighted by molar-refractivity contribution is 5.25. The van der Waals surface area contributed by atoms with Crippen molar-refractivity contribution in [3.05, 3.63) is 35.4 Å². The first-order valence-corrected chi connectivity index (χ1v) is 7.34. The maximum Gasteiger partial charge on any atom is 0.0208 e. The highest BCUT2D eigenvalue weighted by atomic mass is 15.1. The van der Waals surface area contributed by atoms with Crippen molar-refractivity contribution in [2.75, 3.05) is 26.2 Å². The van der Waals surface area contributed by atoms with Crippen molar-refractivity contribution in [2.45, 2.75) is 39.2 Å². The normalized spacial score (nSPS) is 16.9. The van der Waals surface area contributed by atoms with E-state index in [-0.39, 0.29) is 0 Å². The summed E-state index contributed by atoms with van der Waals surface area (Å²) in [6.07, 6.45) is 5.50. The van der Waals surface area contributed by atoms with Crippen LogP contribution in [-0.4, -0.2) is 31.1 Å². The maximum absolute atomic E-state index is 3.56. The summed E-state index contributed by atoms with van der Waals surface area (Å²) in [5.74, 6) is 0. The molecule has 0 spiro atoms. The third-order valence-electron chi connectivity index (χ3n) is 3.85. The van der Waals surface area contributed by atoms with Gasteiger partial charge in [0.25, 0.3) is 0 Å². The Bertz CT molecular complexity index is 343. The zero-order chi connectivity index (χ0) is 12.6. The van der Waals surface area contributed by atoms with E-state index in [1.165, 1.54) is 56.4 Å². The Morgan fingerprint density at radius 2 is 1.89 bits per heavy atom. The van der Waals surface area contributed by atoms with Gasteiger partial charge in [0.2, 0.25) is 0 Å². The smallest absolute Gasteiger partial charge is 0.0208 e.